The Morgan fingerprint density at radius 1 is 1.15 bits per heavy atom. The molecule has 0 radical (unpaired) electrons. The number of methoxy groups -OCH3 is 2. The first-order valence-electron chi connectivity index (χ1n) is 7.87. The van der Waals surface area contributed by atoms with Crippen LogP contribution in [0.2, 0.25) is 0 Å². The van der Waals surface area contributed by atoms with E-state index in [1.165, 1.54) is 11.8 Å². The highest BCUT2D eigenvalue weighted by atomic mass is 79.9. The van der Waals surface area contributed by atoms with Gasteiger partial charge in [-0.05, 0) is 42.0 Å². The van der Waals surface area contributed by atoms with E-state index in [4.69, 9.17) is 26.4 Å². The molecule has 0 bridgehead atoms. The fraction of sp³-hybridized carbons (Fsp3) is 0.158. The first-order valence-corrected chi connectivity index (χ1v) is 9.89. The molecule has 1 amide bonds. The summed E-state index contributed by atoms with van der Waals surface area (Å²) in [5.41, 5.74) is 1.68. The lowest BCUT2D eigenvalue weighted by atomic mass is 10.1. The second kappa shape index (κ2) is 8.77. The van der Waals surface area contributed by atoms with Crippen molar-refractivity contribution in [2.75, 3.05) is 14.2 Å². The number of benzene rings is 2. The van der Waals surface area contributed by atoms with Crippen LogP contribution in [0.1, 0.15) is 11.1 Å². The first-order chi connectivity index (χ1) is 13.0. The van der Waals surface area contributed by atoms with Crippen molar-refractivity contribution >= 4 is 56.2 Å². The van der Waals surface area contributed by atoms with Crippen LogP contribution in [0.15, 0.2) is 45.8 Å². The Morgan fingerprint density at radius 2 is 1.85 bits per heavy atom. The molecule has 1 N–H and O–H groups in total. The van der Waals surface area contributed by atoms with Crippen molar-refractivity contribution in [3.63, 3.8) is 0 Å². The predicted molar refractivity (Wildman–Crippen MR) is 114 cm³/mol. The minimum atomic E-state index is -0.201. The Balaban J connectivity index is 1.85. The number of ether oxygens (including phenoxy) is 3. The summed E-state index contributed by atoms with van der Waals surface area (Å²) in [4.78, 5) is 12.5. The molecule has 2 aromatic carbocycles. The summed E-state index contributed by atoms with van der Waals surface area (Å²) in [7, 11) is 3.21. The molecule has 2 aromatic rings. The van der Waals surface area contributed by atoms with Crippen LogP contribution in [0, 0.1) is 0 Å². The van der Waals surface area contributed by atoms with E-state index in [9.17, 15) is 4.79 Å². The highest BCUT2D eigenvalue weighted by Crippen LogP contribution is 2.32. The van der Waals surface area contributed by atoms with Crippen molar-refractivity contribution in [2.45, 2.75) is 6.61 Å². The SMILES string of the molecule is COc1cc(COc2ccc(Br)cc2/C=C2\SC(=S)NC2=O)cc(OC)c1. The van der Waals surface area contributed by atoms with E-state index < -0.39 is 0 Å². The van der Waals surface area contributed by atoms with Gasteiger partial charge in [0.1, 0.15) is 28.2 Å². The Bertz CT molecular complexity index is 908. The molecule has 140 valence electrons. The number of amides is 1. The molecule has 27 heavy (non-hydrogen) atoms. The molecular weight excluding hydrogens is 450 g/mol. The topological polar surface area (TPSA) is 56.8 Å². The molecule has 0 spiro atoms. The van der Waals surface area contributed by atoms with Gasteiger partial charge in [-0.2, -0.15) is 0 Å². The van der Waals surface area contributed by atoms with E-state index in [1.54, 1.807) is 26.4 Å². The number of nitrogens with one attached hydrogen (secondary N) is 1. The van der Waals surface area contributed by atoms with Crippen LogP contribution >= 0.6 is 39.9 Å². The van der Waals surface area contributed by atoms with Gasteiger partial charge < -0.3 is 19.5 Å². The predicted octanol–water partition coefficient (Wildman–Crippen LogP) is 4.53. The number of thiocarbonyl (C=S) groups is 1. The number of carbonyl (C=O) groups excluding carboxylic acids is 1. The molecular formula is C19H16BrNO4S2. The average Bonchev–Trinajstić information content (AvgIpc) is 2.97. The van der Waals surface area contributed by atoms with Gasteiger partial charge >= 0.3 is 0 Å². The lowest BCUT2D eigenvalue weighted by Crippen LogP contribution is -2.17. The normalized spacial score (nSPS) is 15.0. The lowest BCUT2D eigenvalue weighted by molar-refractivity contribution is -0.115. The average molecular weight is 466 g/mol. The van der Waals surface area contributed by atoms with E-state index in [2.05, 4.69) is 21.2 Å². The maximum Gasteiger partial charge on any atom is 0.263 e. The first kappa shape index (κ1) is 19.7. The van der Waals surface area contributed by atoms with E-state index >= 15 is 0 Å². The van der Waals surface area contributed by atoms with Gasteiger partial charge in [0.25, 0.3) is 5.91 Å². The summed E-state index contributed by atoms with van der Waals surface area (Å²) in [5.74, 6) is 1.84. The molecule has 0 unspecified atom stereocenters. The van der Waals surface area contributed by atoms with Gasteiger partial charge in [-0.15, -0.1) is 0 Å². The van der Waals surface area contributed by atoms with Gasteiger partial charge in [-0.25, -0.2) is 0 Å². The number of hydrogen-bond donors (Lipinski definition) is 1. The minimum absolute atomic E-state index is 0.201. The van der Waals surface area contributed by atoms with E-state index in [0.717, 1.165) is 15.6 Å². The summed E-state index contributed by atoms with van der Waals surface area (Å²) in [6.45, 7) is 0.323. The molecule has 0 atom stereocenters. The standard InChI is InChI=1S/C19H16BrNO4S2/c1-23-14-5-11(6-15(9-14)24-2)10-25-16-4-3-13(20)7-12(16)8-17-18(22)21-19(26)27-17/h3-9H,10H2,1-2H3,(H,21,22,26)/b17-8-. The van der Waals surface area contributed by atoms with Crippen LogP contribution in [0.3, 0.4) is 0 Å². The van der Waals surface area contributed by atoms with Crippen LogP contribution in [0.4, 0.5) is 0 Å². The fourth-order valence-electron chi connectivity index (χ4n) is 2.44. The molecule has 1 aliphatic rings. The molecule has 5 nitrogen and oxygen atoms in total. The van der Waals surface area contributed by atoms with Crippen molar-refractivity contribution in [2.24, 2.45) is 0 Å². The monoisotopic (exact) mass is 465 g/mol. The fourth-order valence-corrected chi connectivity index (χ4v) is 3.85. The minimum Gasteiger partial charge on any atom is -0.497 e. The quantitative estimate of drug-likeness (QED) is 0.499. The van der Waals surface area contributed by atoms with Gasteiger partial charge in [0.05, 0.1) is 19.1 Å². The highest BCUT2D eigenvalue weighted by Gasteiger charge is 2.22. The summed E-state index contributed by atoms with van der Waals surface area (Å²) < 4.78 is 17.9. The van der Waals surface area contributed by atoms with Crippen molar-refractivity contribution in [1.29, 1.82) is 0 Å². The van der Waals surface area contributed by atoms with E-state index in [-0.39, 0.29) is 5.91 Å². The largest absolute Gasteiger partial charge is 0.497 e. The number of thioether (sulfide) groups is 1. The van der Waals surface area contributed by atoms with Crippen LogP contribution in [0.5, 0.6) is 17.2 Å². The number of carbonyl (C=O) groups is 1. The summed E-state index contributed by atoms with van der Waals surface area (Å²) in [5, 5.41) is 2.61. The van der Waals surface area contributed by atoms with Gasteiger partial charge in [-0.3, -0.25) is 4.79 Å². The van der Waals surface area contributed by atoms with E-state index in [0.29, 0.717) is 33.1 Å². The van der Waals surface area contributed by atoms with Crippen LogP contribution in [0.25, 0.3) is 6.08 Å². The molecule has 1 saturated heterocycles. The Kier molecular flexibility index (Phi) is 6.41. The molecule has 1 heterocycles. The molecule has 0 aromatic heterocycles. The third kappa shape index (κ3) is 5.03. The molecule has 8 heteroatoms. The van der Waals surface area contributed by atoms with Crippen LogP contribution in [-0.4, -0.2) is 24.4 Å². The smallest absolute Gasteiger partial charge is 0.263 e. The van der Waals surface area contributed by atoms with Gasteiger partial charge in [0.15, 0.2) is 0 Å². The van der Waals surface area contributed by atoms with E-state index in [1.807, 2.05) is 30.3 Å². The van der Waals surface area contributed by atoms with Crippen molar-refractivity contribution in [3.05, 3.63) is 56.9 Å². The molecule has 1 aliphatic heterocycles. The second-order valence-corrected chi connectivity index (χ2v) is 8.18. The zero-order valence-electron chi connectivity index (χ0n) is 14.6. The third-order valence-corrected chi connectivity index (χ3v) is 5.36. The van der Waals surface area contributed by atoms with Gasteiger partial charge in [0.2, 0.25) is 0 Å². The molecule has 0 aliphatic carbocycles. The molecule has 0 saturated carbocycles. The van der Waals surface area contributed by atoms with Crippen molar-refractivity contribution in [3.8, 4) is 17.2 Å². The zero-order valence-corrected chi connectivity index (χ0v) is 17.8. The summed E-state index contributed by atoms with van der Waals surface area (Å²) in [6.07, 6.45) is 1.77. The lowest BCUT2D eigenvalue weighted by Gasteiger charge is -2.12. The summed E-state index contributed by atoms with van der Waals surface area (Å²) >= 11 is 9.73. The second-order valence-electron chi connectivity index (χ2n) is 5.54. The van der Waals surface area contributed by atoms with Gasteiger partial charge in [0, 0.05) is 16.1 Å². The Labute approximate surface area is 175 Å². The van der Waals surface area contributed by atoms with Crippen molar-refractivity contribution in [1.82, 2.24) is 5.32 Å². The molecule has 3 rings (SSSR count). The van der Waals surface area contributed by atoms with Gasteiger partial charge in [-0.1, -0.05) is 39.9 Å². The highest BCUT2D eigenvalue weighted by molar-refractivity contribution is 9.10. The third-order valence-electron chi connectivity index (χ3n) is 3.71. The number of halogens is 1. The van der Waals surface area contributed by atoms with Crippen LogP contribution in [-0.2, 0) is 11.4 Å². The Morgan fingerprint density at radius 3 is 2.44 bits per heavy atom. The molecule has 1 fully saturated rings. The number of rotatable bonds is 6. The number of hydrogen-bond acceptors (Lipinski definition) is 6. The van der Waals surface area contributed by atoms with Crippen LogP contribution < -0.4 is 19.5 Å². The maximum atomic E-state index is 11.9. The Hall–Kier alpha value is -2.03. The zero-order chi connectivity index (χ0) is 19.4. The van der Waals surface area contributed by atoms with Crippen molar-refractivity contribution < 1.29 is 19.0 Å². The maximum absolute atomic E-state index is 11.9. The summed E-state index contributed by atoms with van der Waals surface area (Å²) in [6, 6.07) is 11.2.